The van der Waals surface area contributed by atoms with Crippen LogP contribution in [-0.2, 0) is 0 Å². The van der Waals surface area contributed by atoms with Crippen molar-refractivity contribution in [3.8, 4) is 0 Å². The minimum Gasteiger partial charge on any atom is -0.300 e. The second-order valence-corrected chi connectivity index (χ2v) is 2.43. The van der Waals surface area contributed by atoms with Gasteiger partial charge in [0.15, 0.2) is 0 Å². The van der Waals surface area contributed by atoms with Crippen molar-refractivity contribution in [2.75, 3.05) is 7.05 Å². The van der Waals surface area contributed by atoms with Crippen molar-refractivity contribution in [1.82, 2.24) is 0 Å². The summed E-state index contributed by atoms with van der Waals surface area (Å²) >= 11 is 0. The summed E-state index contributed by atoms with van der Waals surface area (Å²) in [5.41, 5.74) is 1.04. The highest BCUT2D eigenvalue weighted by molar-refractivity contribution is 5.65. The molecule has 0 heterocycles. The molecule has 1 unspecified atom stereocenters. The van der Waals surface area contributed by atoms with Gasteiger partial charge in [-0.1, -0.05) is 30.4 Å². The minimum atomic E-state index is 0.233. The van der Waals surface area contributed by atoms with Crippen LogP contribution in [0.15, 0.2) is 42.0 Å². The molecule has 0 aromatic heterocycles. The molecule has 0 spiro atoms. The third-order valence-corrected chi connectivity index (χ3v) is 1.20. The Labute approximate surface area is 68.9 Å². The van der Waals surface area contributed by atoms with Crippen molar-refractivity contribution in [1.29, 1.82) is 0 Å². The van der Waals surface area contributed by atoms with Crippen molar-refractivity contribution in [2.24, 2.45) is 10.9 Å². The third-order valence-electron chi connectivity index (χ3n) is 1.20. The van der Waals surface area contributed by atoms with Crippen LogP contribution in [0.4, 0.5) is 0 Å². The zero-order chi connectivity index (χ0) is 8.69. The van der Waals surface area contributed by atoms with Gasteiger partial charge in [-0.05, 0) is 6.92 Å². The van der Waals surface area contributed by atoms with Gasteiger partial charge in [-0.15, -0.1) is 6.58 Å². The molecule has 0 aromatic rings. The van der Waals surface area contributed by atoms with Crippen LogP contribution in [0, 0.1) is 5.92 Å². The highest BCUT2D eigenvalue weighted by Crippen LogP contribution is 1.99. The van der Waals surface area contributed by atoms with Gasteiger partial charge in [0.1, 0.15) is 0 Å². The van der Waals surface area contributed by atoms with Crippen LogP contribution in [-0.4, -0.2) is 13.3 Å². The lowest BCUT2D eigenvalue weighted by Gasteiger charge is -1.96. The molecule has 0 aliphatic rings. The van der Waals surface area contributed by atoms with E-state index in [1.165, 1.54) is 0 Å². The number of aliphatic imine (C=N–C) groups is 1. The molecule has 0 N–H and O–H groups in total. The summed E-state index contributed by atoms with van der Waals surface area (Å²) in [7, 11) is 1.76. The summed E-state index contributed by atoms with van der Waals surface area (Å²) in [6.07, 6.45) is 7.66. The quantitative estimate of drug-likeness (QED) is 0.331. The number of hydrogen-bond donors (Lipinski definition) is 0. The summed E-state index contributed by atoms with van der Waals surface area (Å²) < 4.78 is 0. The number of nitrogens with zero attached hydrogens (tertiary/aromatic N) is 1. The molecule has 11 heavy (non-hydrogen) atoms. The van der Waals surface area contributed by atoms with Crippen LogP contribution in [0.3, 0.4) is 0 Å². The van der Waals surface area contributed by atoms with E-state index in [2.05, 4.69) is 18.2 Å². The zero-order valence-electron chi connectivity index (χ0n) is 7.25. The maximum Gasteiger partial charge on any atom is 0.0298 e. The van der Waals surface area contributed by atoms with Crippen LogP contribution < -0.4 is 0 Å². The molecular formula is C10H15N. The molecule has 0 saturated carbocycles. The summed E-state index contributed by atoms with van der Waals surface area (Å²) in [6.45, 7) is 9.40. The fraction of sp³-hybridized carbons (Fsp3) is 0.300. The molecule has 60 valence electrons. The van der Waals surface area contributed by atoms with Gasteiger partial charge in [0, 0.05) is 19.2 Å². The van der Waals surface area contributed by atoms with Crippen molar-refractivity contribution < 1.29 is 0 Å². The first-order valence-electron chi connectivity index (χ1n) is 3.59. The smallest absolute Gasteiger partial charge is 0.0298 e. The molecular weight excluding hydrogens is 134 g/mol. The van der Waals surface area contributed by atoms with E-state index >= 15 is 0 Å². The predicted octanol–water partition coefficient (Wildman–Crippen LogP) is 2.62. The van der Waals surface area contributed by atoms with Gasteiger partial charge in [-0.25, -0.2) is 0 Å². The average molecular weight is 149 g/mol. The standard InChI is InChI=1S/C10H15N/c1-5-10(8-11-4)7-6-9(2)3/h5-8,10H,1-2H2,3-4H3/b7-6-,11-8-. The van der Waals surface area contributed by atoms with Crippen LogP contribution in [0.5, 0.6) is 0 Å². The van der Waals surface area contributed by atoms with E-state index in [4.69, 9.17) is 0 Å². The Kier molecular flexibility index (Phi) is 5.09. The van der Waals surface area contributed by atoms with Crippen LogP contribution in [0.25, 0.3) is 0 Å². The summed E-state index contributed by atoms with van der Waals surface area (Å²) in [5, 5.41) is 0. The van der Waals surface area contributed by atoms with Crippen molar-refractivity contribution in [2.45, 2.75) is 6.92 Å². The summed E-state index contributed by atoms with van der Waals surface area (Å²) in [6, 6.07) is 0. The van der Waals surface area contributed by atoms with E-state index in [1.807, 2.05) is 31.4 Å². The zero-order valence-corrected chi connectivity index (χ0v) is 7.25. The predicted molar refractivity (Wildman–Crippen MR) is 52.1 cm³/mol. The van der Waals surface area contributed by atoms with Gasteiger partial charge >= 0.3 is 0 Å². The first-order valence-corrected chi connectivity index (χ1v) is 3.59. The first-order chi connectivity index (χ1) is 5.20. The van der Waals surface area contributed by atoms with Gasteiger partial charge in [-0.2, -0.15) is 0 Å². The molecule has 0 aliphatic heterocycles. The first kappa shape index (κ1) is 9.89. The lowest BCUT2D eigenvalue weighted by Crippen LogP contribution is -1.91. The highest BCUT2D eigenvalue weighted by Gasteiger charge is 1.90. The Hall–Kier alpha value is -1.11. The van der Waals surface area contributed by atoms with E-state index in [1.54, 1.807) is 7.05 Å². The van der Waals surface area contributed by atoms with E-state index in [-0.39, 0.29) is 5.92 Å². The number of hydrogen-bond acceptors (Lipinski definition) is 1. The molecule has 1 heteroatoms. The van der Waals surface area contributed by atoms with Gasteiger partial charge in [0.2, 0.25) is 0 Å². The molecule has 0 amide bonds. The summed E-state index contributed by atoms with van der Waals surface area (Å²) in [4.78, 5) is 3.91. The molecule has 0 rings (SSSR count). The van der Waals surface area contributed by atoms with Gasteiger partial charge in [-0.3, -0.25) is 4.99 Å². The largest absolute Gasteiger partial charge is 0.300 e. The molecule has 0 fully saturated rings. The van der Waals surface area contributed by atoms with E-state index in [9.17, 15) is 0 Å². The van der Waals surface area contributed by atoms with Gasteiger partial charge < -0.3 is 0 Å². The Morgan fingerprint density at radius 2 is 2.18 bits per heavy atom. The SMILES string of the molecule is C=CC(/C=C\C(=C)C)/C=N\C. The summed E-state index contributed by atoms with van der Waals surface area (Å²) in [5.74, 6) is 0.233. The van der Waals surface area contributed by atoms with E-state index in [0.717, 1.165) is 5.57 Å². The van der Waals surface area contributed by atoms with Crippen LogP contribution in [0.2, 0.25) is 0 Å². The van der Waals surface area contributed by atoms with Gasteiger partial charge in [0.25, 0.3) is 0 Å². The fourth-order valence-electron chi connectivity index (χ4n) is 0.637. The lowest BCUT2D eigenvalue weighted by atomic mass is 10.1. The molecule has 1 atom stereocenters. The highest BCUT2D eigenvalue weighted by atomic mass is 14.6. The molecule has 0 aromatic carbocycles. The Morgan fingerprint density at radius 3 is 2.55 bits per heavy atom. The third kappa shape index (κ3) is 5.34. The van der Waals surface area contributed by atoms with Crippen LogP contribution >= 0.6 is 0 Å². The topological polar surface area (TPSA) is 12.4 Å². The van der Waals surface area contributed by atoms with Crippen LogP contribution in [0.1, 0.15) is 6.92 Å². The maximum atomic E-state index is 3.91. The van der Waals surface area contributed by atoms with Crippen molar-refractivity contribution >= 4 is 6.21 Å². The lowest BCUT2D eigenvalue weighted by molar-refractivity contribution is 1.16. The second-order valence-electron chi connectivity index (χ2n) is 2.43. The van der Waals surface area contributed by atoms with Gasteiger partial charge in [0.05, 0.1) is 0 Å². The molecule has 1 nitrogen and oxygen atoms in total. The Balaban J connectivity index is 4.07. The average Bonchev–Trinajstić information content (AvgIpc) is 1.97. The van der Waals surface area contributed by atoms with E-state index in [0.29, 0.717) is 0 Å². The number of allylic oxidation sites excluding steroid dienone is 4. The maximum absolute atomic E-state index is 3.91. The minimum absolute atomic E-state index is 0.233. The van der Waals surface area contributed by atoms with Crippen molar-refractivity contribution in [3.05, 3.63) is 37.0 Å². The molecule has 0 radical (unpaired) electrons. The molecule has 0 bridgehead atoms. The molecule has 0 aliphatic carbocycles. The monoisotopic (exact) mass is 149 g/mol. The Morgan fingerprint density at radius 1 is 1.55 bits per heavy atom. The normalized spacial score (nSPS) is 14.0. The van der Waals surface area contributed by atoms with Crippen molar-refractivity contribution in [3.63, 3.8) is 0 Å². The Bertz CT molecular complexity index is 187. The van der Waals surface area contributed by atoms with E-state index < -0.39 is 0 Å². The molecule has 0 saturated heterocycles. The fourth-order valence-corrected chi connectivity index (χ4v) is 0.637. The second kappa shape index (κ2) is 5.66. The number of rotatable bonds is 4.